The molecule has 0 atom stereocenters. The second kappa shape index (κ2) is 5.95. The third-order valence-electron chi connectivity index (χ3n) is 3.08. The van der Waals surface area contributed by atoms with E-state index in [1.165, 1.54) is 4.90 Å². The Morgan fingerprint density at radius 1 is 0.955 bits per heavy atom. The summed E-state index contributed by atoms with van der Waals surface area (Å²) in [5, 5.41) is 2.57. The van der Waals surface area contributed by atoms with Gasteiger partial charge in [0, 0.05) is 0 Å². The molecule has 0 saturated carbocycles. The number of ether oxygens (including phenoxy) is 1. The van der Waals surface area contributed by atoms with Gasteiger partial charge in [-0.2, -0.15) is 0 Å². The van der Waals surface area contributed by atoms with Crippen molar-refractivity contribution in [2.24, 2.45) is 0 Å². The number of thiocarbonyl (C=S) groups is 1. The van der Waals surface area contributed by atoms with Gasteiger partial charge in [-0.05, 0) is 48.6 Å². The molecule has 2 aromatic carbocycles. The van der Waals surface area contributed by atoms with E-state index in [4.69, 9.17) is 17.0 Å². The Bertz CT molecular complexity index is 709. The highest BCUT2D eigenvalue weighted by atomic mass is 32.1. The van der Waals surface area contributed by atoms with Gasteiger partial charge < -0.3 is 10.1 Å². The summed E-state index contributed by atoms with van der Waals surface area (Å²) in [4.78, 5) is 24.5. The van der Waals surface area contributed by atoms with E-state index in [0.29, 0.717) is 11.4 Å². The summed E-state index contributed by atoms with van der Waals surface area (Å²) in [5.74, 6) is 0.655. The van der Waals surface area contributed by atoms with Gasteiger partial charge in [-0.3, -0.25) is 14.5 Å². The summed E-state index contributed by atoms with van der Waals surface area (Å²) >= 11 is 5.04. The Labute approximate surface area is 132 Å². The number of carbonyl (C=O) groups excluding carboxylic acids is 2. The number of amides is 2. The van der Waals surface area contributed by atoms with Crippen LogP contribution in [0.15, 0.2) is 54.6 Å². The monoisotopic (exact) mass is 312 g/mol. The molecule has 0 radical (unpaired) electrons. The van der Waals surface area contributed by atoms with Crippen molar-refractivity contribution in [1.82, 2.24) is 5.32 Å². The second-order valence-electron chi connectivity index (χ2n) is 4.67. The Morgan fingerprint density at radius 3 is 2.23 bits per heavy atom. The standard InChI is InChI=1S/C16H12N2O3S/c19-14-10-15(20)18(16(22)17-14)11-6-8-13(9-7-11)21-12-4-2-1-3-5-12/h1-9H,10H2,(H,17,19,22). The lowest BCUT2D eigenvalue weighted by molar-refractivity contribution is -0.127. The fourth-order valence-corrected chi connectivity index (χ4v) is 2.42. The number of para-hydroxylation sites is 1. The highest BCUT2D eigenvalue weighted by Gasteiger charge is 2.29. The maximum atomic E-state index is 11.9. The Kier molecular flexibility index (Phi) is 3.84. The SMILES string of the molecule is O=C1CC(=O)N(c2ccc(Oc3ccccc3)cc2)C(=S)N1. The van der Waals surface area contributed by atoms with Gasteiger partial charge in [-0.25, -0.2) is 0 Å². The van der Waals surface area contributed by atoms with Crippen molar-refractivity contribution in [3.63, 3.8) is 0 Å². The predicted molar refractivity (Wildman–Crippen MR) is 85.8 cm³/mol. The highest BCUT2D eigenvalue weighted by Crippen LogP contribution is 2.25. The number of carbonyl (C=O) groups is 2. The molecule has 0 unspecified atom stereocenters. The van der Waals surface area contributed by atoms with Crippen LogP contribution >= 0.6 is 12.2 Å². The maximum Gasteiger partial charge on any atom is 0.242 e. The number of hydrogen-bond donors (Lipinski definition) is 1. The Balaban J connectivity index is 1.78. The molecule has 2 aromatic rings. The summed E-state index contributed by atoms with van der Waals surface area (Å²) in [5.41, 5.74) is 0.593. The Morgan fingerprint density at radius 2 is 1.59 bits per heavy atom. The first-order valence-corrected chi connectivity index (χ1v) is 7.04. The number of anilines is 1. The molecule has 3 rings (SSSR count). The lowest BCUT2D eigenvalue weighted by Crippen LogP contribution is -2.52. The van der Waals surface area contributed by atoms with E-state index in [9.17, 15) is 9.59 Å². The van der Waals surface area contributed by atoms with Crippen LogP contribution in [0.5, 0.6) is 11.5 Å². The van der Waals surface area contributed by atoms with Crippen LogP contribution in [0.4, 0.5) is 5.69 Å². The van der Waals surface area contributed by atoms with E-state index in [2.05, 4.69) is 5.32 Å². The molecule has 1 heterocycles. The molecule has 1 aliphatic rings. The first kappa shape index (κ1) is 14.2. The third kappa shape index (κ3) is 2.96. The molecule has 6 heteroatoms. The summed E-state index contributed by atoms with van der Waals surface area (Å²) in [6.07, 6.45) is -0.206. The number of benzene rings is 2. The van der Waals surface area contributed by atoms with Gasteiger partial charge in [0.15, 0.2) is 5.11 Å². The minimum atomic E-state index is -0.379. The zero-order chi connectivity index (χ0) is 15.5. The molecule has 1 aliphatic heterocycles. The fourth-order valence-electron chi connectivity index (χ4n) is 2.10. The van der Waals surface area contributed by atoms with Crippen LogP contribution in [0.2, 0.25) is 0 Å². The second-order valence-corrected chi connectivity index (χ2v) is 5.05. The molecule has 2 amide bonds. The average Bonchev–Trinajstić information content (AvgIpc) is 2.49. The van der Waals surface area contributed by atoms with E-state index in [-0.39, 0.29) is 23.3 Å². The lowest BCUT2D eigenvalue weighted by Gasteiger charge is -2.27. The first-order valence-electron chi connectivity index (χ1n) is 6.63. The van der Waals surface area contributed by atoms with Gasteiger partial charge in [0.1, 0.15) is 17.9 Å². The smallest absolute Gasteiger partial charge is 0.242 e. The summed E-state index contributed by atoms with van der Waals surface area (Å²) in [6.45, 7) is 0. The van der Waals surface area contributed by atoms with Crippen molar-refractivity contribution >= 4 is 34.8 Å². The van der Waals surface area contributed by atoms with E-state index in [1.807, 2.05) is 30.3 Å². The normalized spacial score (nSPS) is 14.7. The van der Waals surface area contributed by atoms with Crippen LogP contribution in [0.3, 0.4) is 0 Å². The topological polar surface area (TPSA) is 58.6 Å². The maximum absolute atomic E-state index is 11.9. The van der Waals surface area contributed by atoms with Crippen LogP contribution in [0.1, 0.15) is 6.42 Å². The van der Waals surface area contributed by atoms with E-state index < -0.39 is 0 Å². The zero-order valence-corrected chi connectivity index (χ0v) is 12.3. The van der Waals surface area contributed by atoms with Gasteiger partial charge in [0.25, 0.3) is 0 Å². The molecular weight excluding hydrogens is 300 g/mol. The van der Waals surface area contributed by atoms with Crippen LogP contribution in [0.25, 0.3) is 0 Å². The van der Waals surface area contributed by atoms with Crippen LogP contribution < -0.4 is 15.0 Å². The highest BCUT2D eigenvalue weighted by molar-refractivity contribution is 7.80. The average molecular weight is 312 g/mol. The molecule has 110 valence electrons. The fraction of sp³-hybridized carbons (Fsp3) is 0.0625. The van der Waals surface area contributed by atoms with E-state index >= 15 is 0 Å². The summed E-state index contributed by atoms with van der Waals surface area (Å²) in [7, 11) is 0. The van der Waals surface area contributed by atoms with E-state index in [0.717, 1.165) is 5.75 Å². The number of rotatable bonds is 3. The molecule has 0 aliphatic carbocycles. The Hall–Kier alpha value is -2.73. The molecule has 1 N–H and O–H groups in total. The quantitative estimate of drug-likeness (QED) is 0.699. The molecule has 0 spiro atoms. The van der Waals surface area contributed by atoms with Gasteiger partial charge in [-0.15, -0.1) is 0 Å². The van der Waals surface area contributed by atoms with Crippen molar-refractivity contribution in [1.29, 1.82) is 0 Å². The zero-order valence-electron chi connectivity index (χ0n) is 11.5. The molecule has 0 aromatic heterocycles. The summed E-state index contributed by atoms with van der Waals surface area (Å²) < 4.78 is 5.69. The van der Waals surface area contributed by atoms with Crippen molar-refractivity contribution in [3.05, 3.63) is 54.6 Å². The minimum Gasteiger partial charge on any atom is -0.457 e. The van der Waals surface area contributed by atoms with Gasteiger partial charge in [-0.1, -0.05) is 18.2 Å². The molecular formula is C16H12N2O3S. The summed E-state index contributed by atoms with van der Waals surface area (Å²) in [6, 6.07) is 16.3. The molecule has 1 fully saturated rings. The lowest BCUT2D eigenvalue weighted by atomic mass is 10.2. The van der Waals surface area contributed by atoms with Crippen molar-refractivity contribution in [2.45, 2.75) is 6.42 Å². The van der Waals surface area contributed by atoms with Crippen LogP contribution in [-0.2, 0) is 9.59 Å². The minimum absolute atomic E-state index is 0.0953. The molecule has 0 bridgehead atoms. The van der Waals surface area contributed by atoms with E-state index in [1.54, 1.807) is 24.3 Å². The first-order chi connectivity index (χ1) is 10.6. The van der Waals surface area contributed by atoms with Gasteiger partial charge in [0.2, 0.25) is 11.8 Å². The van der Waals surface area contributed by atoms with Crippen LogP contribution in [-0.4, -0.2) is 16.9 Å². The third-order valence-corrected chi connectivity index (χ3v) is 3.37. The van der Waals surface area contributed by atoms with Gasteiger partial charge >= 0.3 is 0 Å². The number of nitrogens with zero attached hydrogens (tertiary/aromatic N) is 1. The van der Waals surface area contributed by atoms with Gasteiger partial charge in [0.05, 0.1) is 5.69 Å². The van der Waals surface area contributed by atoms with Crippen molar-refractivity contribution in [2.75, 3.05) is 4.90 Å². The van der Waals surface area contributed by atoms with Crippen LogP contribution in [0, 0.1) is 0 Å². The number of hydrogen-bond acceptors (Lipinski definition) is 4. The predicted octanol–water partition coefficient (Wildman–Crippen LogP) is 2.62. The van der Waals surface area contributed by atoms with Crippen molar-refractivity contribution in [3.8, 4) is 11.5 Å². The molecule has 22 heavy (non-hydrogen) atoms. The largest absolute Gasteiger partial charge is 0.457 e. The molecule has 5 nitrogen and oxygen atoms in total. The number of nitrogens with one attached hydrogen (secondary N) is 1. The molecule has 1 saturated heterocycles. The van der Waals surface area contributed by atoms with Crippen molar-refractivity contribution < 1.29 is 14.3 Å².